The summed E-state index contributed by atoms with van der Waals surface area (Å²) in [5, 5.41) is 10.9. The summed E-state index contributed by atoms with van der Waals surface area (Å²) in [6, 6.07) is 9.58. The maximum absolute atomic E-state index is 5.80. The van der Waals surface area contributed by atoms with Crippen molar-refractivity contribution < 1.29 is 18.6 Å². The summed E-state index contributed by atoms with van der Waals surface area (Å²) in [6.07, 6.45) is 7.12. The summed E-state index contributed by atoms with van der Waals surface area (Å²) >= 11 is 0. The fraction of sp³-hybridized carbons (Fsp3) is 0.391. The number of benzene rings is 1. The van der Waals surface area contributed by atoms with Crippen molar-refractivity contribution in [3.05, 3.63) is 60.3 Å². The molecular weight excluding hydrogens is 410 g/mol. The number of fused-ring (bicyclic) bond motifs is 1. The fourth-order valence-corrected chi connectivity index (χ4v) is 3.19. The van der Waals surface area contributed by atoms with Crippen molar-refractivity contribution in [2.75, 3.05) is 31.7 Å². The summed E-state index contributed by atoms with van der Waals surface area (Å²) < 4.78 is 24.2. The zero-order chi connectivity index (χ0) is 22.0. The highest BCUT2D eigenvalue weighted by atomic mass is 16.5. The standard InChI is InChI=1S/C23H29N5O4/c1-28-16-18(15-26-28)14-25-23(24-8-3-9-29-17-20-5-2-10-30-20)27-19-6-7-21-22(13-19)32-12-4-11-31-21/h2,5-7,10,13,15-16H,3-4,8-9,11-12,14,17H2,1H3,(H2,24,25,27). The molecule has 32 heavy (non-hydrogen) atoms. The second-order valence-electron chi connectivity index (χ2n) is 7.44. The number of hydrogen-bond donors (Lipinski definition) is 2. The van der Waals surface area contributed by atoms with Gasteiger partial charge >= 0.3 is 0 Å². The third-order valence-corrected chi connectivity index (χ3v) is 4.77. The summed E-state index contributed by atoms with van der Waals surface area (Å²) in [7, 11) is 1.89. The lowest BCUT2D eigenvalue weighted by molar-refractivity contribution is 0.105. The van der Waals surface area contributed by atoms with E-state index in [9.17, 15) is 0 Å². The molecule has 0 atom stereocenters. The lowest BCUT2D eigenvalue weighted by Crippen LogP contribution is -2.32. The van der Waals surface area contributed by atoms with Crippen LogP contribution in [-0.2, 0) is 24.9 Å². The van der Waals surface area contributed by atoms with Gasteiger partial charge in [0, 0.05) is 50.1 Å². The van der Waals surface area contributed by atoms with Crippen molar-refractivity contribution in [2.45, 2.75) is 26.0 Å². The first kappa shape index (κ1) is 21.8. The molecule has 0 saturated heterocycles. The first-order valence-electron chi connectivity index (χ1n) is 10.8. The number of hydrogen-bond acceptors (Lipinski definition) is 6. The van der Waals surface area contributed by atoms with Crippen molar-refractivity contribution >= 4 is 11.6 Å². The van der Waals surface area contributed by atoms with Gasteiger partial charge in [-0.15, -0.1) is 0 Å². The van der Waals surface area contributed by atoms with Crippen LogP contribution in [-0.4, -0.2) is 42.1 Å². The van der Waals surface area contributed by atoms with Crippen molar-refractivity contribution in [2.24, 2.45) is 12.0 Å². The topological polar surface area (TPSA) is 95.1 Å². The zero-order valence-electron chi connectivity index (χ0n) is 18.3. The molecule has 0 saturated carbocycles. The van der Waals surface area contributed by atoms with E-state index < -0.39 is 0 Å². The Balaban J connectivity index is 1.33. The summed E-state index contributed by atoms with van der Waals surface area (Å²) in [5.41, 5.74) is 1.91. The van der Waals surface area contributed by atoms with Crippen LogP contribution in [0.2, 0.25) is 0 Å². The van der Waals surface area contributed by atoms with Gasteiger partial charge in [0.15, 0.2) is 17.5 Å². The molecule has 170 valence electrons. The number of aliphatic imine (C=N–C) groups is 1. The molecule has 1 aliphatic heterocycles. The highest BCUT2D eigenvalue weighted by Crippen LogP contribution is 2.32. The summed E-state index contributed by atoms with van der Waals surface area (Å²) in [4.78, 5) is 4.70. The highest BCUT2D eigenvalue weighted by Gasteiger charge is 2.11. The van der Waals surface area contributed by atoms with Gasteiger partial charge in [-0.1, -0.05) is 0 Å². The Morgan fingerprint density at radius 1 is 1.22 bits per heavy atom. The van der Waals surface area contributed by atoms with Gasteiger partial charge in [0.2, 0.25) is 0 Å². The van der Waals surface area contributed by atoms with E-state index in [0.29, 0.717) is 45.5 Å². The van der Waals surface area contributed by atoms with Gasteiger partial charge in [0.05, 0.1) is 32.2 Å². The predicted molar refractivity (Wildman–Crippen MR) is 121 cm³/mol. The Bertz CT molecular complexity index is 1000. The van der Waals surface area contributed by atoms with Crippen LogP contribution in [0.4, 0.5) is 5.69 Å². The smallest absolute Gasteiger partial charge is 0.196 e. The molecule has 0 fully saturated rings. The lowest BCUT2D eigenvalue weighted by Gasteiger charge is -2.14. The second-order valence-corrected chi connectivity index (χ2v) is 7.44. The SMILES string of the molecule is Cn1cc(CN=C(NCCCOCc2ccco2)Nc2ccc3c(c2)OCCCO3)cn1. The van der Waals surface area contributed by atoms with E-state index in [4.69, 9.17) is 23.6 Å². The number of ether oxygens (including phenoxy) is 3. The van der Waals surface area contributed by atoms with Gasteiger partial charge in [-0.05, 0) is 30.7 Å². The number of anilines is 1. The number of aromatic nitrogens is 2. The zero-order valence-corrected chi connectivity index (χ0v) is 18.3. The van der Waals surface area contributed by atoms with E-state index in [2.05, 4.69) is 15.7 Å². The van der Waals surface area contributed by atoms with E-state index in [1.54, 1.807) is 10.9 Å². The molecule has 2 N–H and O–H groups in total. The van der Waals surface area contributed by atoms with E-state index in [0.717, 1.165) is 41.4 Å². The minimum absolute atomic E-state index is 0.477. The van der Waals surface area contributed by atoms with Crippen LogP contribution in [0.15, 0.2) is 58.4 Å². The van der Waals surface area contributed by atoms with Crippen LogP contribution in [0.25, 0.3) is 0 Å². The van der Waals surface area contributed by atoms with Crippen LogP contribution >= 0.6 is 0 Å². The van der Waals surface area contributed by atoms with Crippen LogP contribution in [0.3, 0.4) is 0 Å². The monoisotopic (exact) mass is 439 g/mol. The van der Waals surface area contributed by atoms with Gasteiger partial charge in [-0.25, -0.2) is 4.99 Å². The molecule has 3 heterocycles. The third kappa shape index (κ3) is 6.52. The van der Waals surface area contributed by atoms with Gasteiger partial charge < -0.3 is 29.3 Å². The Labute approximate surface area is 187 Å². The first-order valence-corrected chi connectivity index (χ1v) is 10.8. The van der Waals surface area contributed by atoms with Gasteiger partial charge in [-0.2, -0.15) is 5.10 Å². The molecule has 4 rings (SSSR count). The Kier molecular flexibility index (Phi) is 7.64. The molecule has 1 aromatic carbocycles. The van der Waals surface area contributed by atoms with E-state index in [1.807, 2.05) is 49.8 Å². The van der Waals surface area contributed by atoms with Gasteiger partial charge in [-0.3, -0.25) is 4.68 Å². The number of rotatable bonds is 9. The minimum Gasteiger partial charge on any atom is -0.490 e. The van der Waals surface area contributed by atoms with Crippen LogP contribution < -0.4 is 20.1 Å². The minimum atomic E-state index is 0.477. The molecule has 0 amide bonds. The number of aryl methyl sites for hydroxylation is 1. The molecule has 0 radical (unpaired) electrons. The quantitative estimate of drug-likeness (QED) is 0.300. The van der Waals surface area contributed by atoms with Gasteiger partial charge in [0.1, 0.15) is 12.4 Å². The summed E-state index contributed by atoms with van der Waals surface area (Å²) in [5.74, 6) is 3.01. The molecule has 2 aromatic heterocycles. The second kappa shape index (κ2) is 11.2. The van der Waals surface area contributed by atoms with Crippen molar-refractivity contribution in [1.82, 2.24) is 15.1 Å². The molecule has 0 bridgehead atoms. The van der Waals surface area contributed by atoms with E-state index in [-0.39, 0.29) is 0 Å². The molecule has 9 heteroatoms. The van der Waals surface area contributed by atoms with E-state index >= 15 is 0 Å². The summed E-state index contributed by atoms with van der Waals surface area (Å²) in [6.45, 7) is 3.64. The van der Waals surface area contributed by atoms with Crippen LogP contribution in [0.1, 0.15) is 24.2 Å². The van der Waals surface area contributed by atoms with Crippen LogP contribution in [0, 0.1) is 0 Å². The molecule has 0 unspecified atom stereocenters. The molecular formula is C23H29N5O4. The van der Waals surface area contributed by atoms with E-state index in [1.165, 1.54) is 0 Å². The van der Waals surface area contributed by atoms with Crippen molar-refractivity contribution in [3.8, 4) is 11.5 Å². The average Bonchev–Trinajstić information content (AvgIpc) is 3.40. The number of nitrogens with one attached hydrogen (secondary N) is 2. The molecule has 3 aromatic rings. The number of nitrogens with zero attached hydrogens (tertiary/aromatic N) is 3. The van der Waals surface area contributed by atoms with Crippen molar-refractivity contribution in [3.63, 3.8) is 0 Å². The van der Waals surface area contributed by atoms with Crippen LogP contribution in [0.5, 0.6) is 11.5 Å². The molecule has 0 spiro atoms. The molecule has 1 aliphatic rings. The molecule has 0 aliphatic carbocycles. The van der Waals surface area contributed by atoms with Gasteiger partial charge in [0.25, 0.3) is 0 Å². The predicted octanol–water partition coefficient (Wildman–Crippen LogP) is 3.34. The lowest BCUT2D eigenvalue weighted by atomic mass is 10.2. The number of furan rings is 1. The maximum atomic E-state index is 5.80. The molecule has 9 nitrogen and oxygen atoms in total. The first-order chi connectivity index (χ1) is 15.8. The average molecular weight is 440 g/mol. The highest BCUT2D eigenvalue weighted by molar-refractivity contribution is 5.93. The fourth-order valence-electron chi connectivity index (χ4n) is 3.19. The Morgan fingerprint density at radius 2 is 2.12 bits per heavy atom. The Hall–Kier alpha value is -3.46. The third-order valence-electron chi connectivity index (χ3n) is 4.77. The van der Waals surface area contributed by atoms with Crippen molar-refractivity contribution in [1.29, 1.82) is 0 Å². The Morgan fingerprint density at radius 3 is 2.94 bits per heavy atom. The maximum Gasteiger partial charge on any atom is 0.196 e. The number of guanidine groups is 1. The normalized spacial score (nSPS) is 13.6. The largest absolute Gasteiger partial charge is 0.490 e.